The molecule has 0 heterocycles. The summed E-state index contributed by atoms with van der Waals surface area (Å²) >= 11 is 0. The summed E-state index contributed by atoms with van der Waals surface area (Å²) in [6.07, 6.45) is 2.30. The van der Waals surface area contributed by atoms with Gasteiger partial charge >= 0.3 is 0 Å². The van der Waals surface area contributed by atoms with Crippen LogP contribution in [-0.4, -0.2) is 23.6 Å². The van der Waals surface area contributed by atoms with Gasteiger partial charge in [0.05, 0.1) is 11.8 Å². The molecule has 0 saturated heterocycles. The second kappa shape index (κ2) is 6.10. The maximum atomic E-state index is 13.9. The van der Waals surface area contributed by atoms with Crippen LogP contribution in [-0.2, 0) is 10.7 Å². The Morgan fingerprint density at radius 3 is 2.42 bits per heavy atom. The number of hydrogen-bond acceptors (Lipinski definition) is 3. The molecule has 1 aliphatic carbocycles. The van der Waals surface area contributed by atoms with Gasteiger partial charge in [0.15, 0.2) is 0 Å². The Bertz CT molecular complexity index is 424. The lowest BCUT2D eigenvalue weighted by atomic mass is 9.96. The fourth-order valence-corrected chi connectivity index (χ4v) is 2.18. The van der Waals surface area contributed by atoms with Gasteiger partial charge in [-0.25, -0.2) is 0 Å². The molecular weight excluding hydrogens is 252 g/mol. The van der Waals surface area contributed by atoms with E-state index in [4.69, 9.17) is 9.94 Å². The molecule has 0 radical (unpaired) electrons. The van der Waals surface area contributed by atoms with E-state index in [1.165, 1.54) is 12.1 Å². The Labute approximate surface area is 110 Å². The first kappa shape index (κ1) is 13.9. The molecule has 1 fully saturated rings. The van der Waals surface area contributed by atoms with Crippen molar-refractivity contribution in [2.24, 2.45) is 5.16 Å². The van der Waals surface area contributed by atoms with Crippen molar-refractivity contribution >= 4 is 5.71 Å². The quantitative estimate of drug-likeness (QED) is 0.670. The number of hydrogen-bond donors (Lipinski definition) is 1. The molecule has 0 spiro atoms. The minimum Gasteiger partial charge on any atom is -0.411 e. The third-order valence-electron chi connectivity index (χ3n) is 3.35. The van der Waals surface area contributed by atoms with Crippen LogP contribution in [0.15, 0.2) is 35.5 Å². The van der Waals surface area contributed by atoms with Gasteiger partial charge in [-0.05, 0) is 25.7 Å². The lowest BCUT2D eigenvalue weighted by molar-refractivity contribution is -0.108. The van der Waals surface area contributed by atoms with E-state index < -0.39 is 12.5 Å². The third-order valence-corrected chi connectivity index (χ3v) is 3.35. The van der Waals surface area contributed by atoms with Crippen LogP contribution in [0.1, 0.15) is 31.2 Å². The molecule has 0 aliphatic heterocycles. The smallest absolute Gasteiger partial charge is 0.296 e. The highest BCUT2D eigenvalue weighted by atomic mass is 19.3. The second-order valence-electron chi connectivity index (χ2n) is 4.75. The molecule has 2 rings (SSSR count). The third kappa shape index (κ3) is 3.73. The van der Waals surface area contributed by atoms with Crippen molar-refractivity contribution in [1.29, 1.82) is 0 Å². The van der Waals surface area contributed by atoms with Gasteiger partial charge in [-0.1, -0.05) is 35.5 Å². The van der Waals surface area contributed by atoms with Gasteiger partial charge in [0.1, 0.15) is 6.61 Å². The van der Waals surface area contributed by atoms with Crippen molar-refractivity contribution in [1.82, 2.24) is 0 Å². The zero-order valence-electron chi connectivity index (χ0n) is 10.6. The normalized spacial score (nSPS) is 20.3. The highest BCUT2D eigenvalue weighted by Gasteiger charge is 2.33. The topological polar surface area (TPSA) is 41.8 Å². The number of nitrogens with zero attached hydrogens (tertiary/aromatic N) is 1. The van der Waals surface area contributed by atoms with Gasteiger partial charge in [-0.2, -0.15) is 8.78 Å². The molecule has 1 aromatic carbocycles. The summed E-state index contributed by atoms with van der Waals surface area (Å²) in [6.45, 7) is -0.604. The Morgan fingerprint density at radius 2 is 1.84 bits per heavy atom. The van der Waals surface area contributed by atoms with Crippen molar-refractivity contribution in [3.8, 4) is 0 Å². The predicted octanol–water partition coefficient (Wildman–Crippen LogP) is 3.57. The van der Waals surface area contributed by atoms with Crippen molar-refractivity contribution in [3.63, 3.8) is 0 Å². The van der Waals surface area contributed by atoms with Crippen molar-refractivity contribution in [2.75, 3.05) is 6.61 Å². The first-order valence-electron chi connectivity index (χ1n) is 6.36. The van der Waals surface area contributed by atoms with Gasteiger partial charge in [-0.3, -0.25) is 0 Å². The maximum absolute atomic E-state index is 13.9. The predicted molar refractivity (Wildman–Crippen MR) is 67.8 cm³/mol. The molecule has 0 bridgehead atoms. The molecule has 3 nitrogen and oxygen atoms in total. The van der Waals surface area contributed by atoms with Gasteiger partial charge in [0, 0.05) is 5.56 Å². The lowest BCUT2D eigenvalue weighted by Crippen LogP contribution is -2.28. The fraction of sp³-hybridized carbons (Fsp3) is 0.500. The van der Waals surface area contributed by atoms with Crippen LogP contribution in [0, 0.1) is 0 Å². The van der Waals surface area contributed by atoms with Crippen molar-refractivity contribution in [3.05, 3.63) is 35.9 Å². The maximum Gasteiger partial charge on any atom is 0.296 e. The standard InChI is InChI=1S/C14H17F2NO2/c15-14(16,11-4-2-1-3-5-11)10-19-13-8-6-12(17-18)7-9-13/h1-5,13,18H,6-10H2. The summed E-state index contributed by atoms with van der Waals surface area (Å²) in [4.78, 5) is 0. The van der Waals surface area contributed by atoms with Gasteiger partial charge in [-0.15, -0.1) is 0 Å². The van der Waals surface area contributed by atoms with Crippen LogP contribution < -0.4 is 0 Å². The number of rotatable bonds is 4. The van der Waals surface area contributed by atoms with Crippen LogP contribution in [0.3, 0.4) is 0 Å². The molecule has 104 valence electrons. The second-order valence-corrected chi connectivity index (χ2v) is 4.75. The van der Waals surface area contributed by atoms with Crippen molar-refractivity contribution in [2.45, 2.75) is 37.7 Å². The average Bonchev–Trinajstić information content (AvgIpc) is 2.47. The summed E-state index contributed by atoms with van der Waals surface area (Å²) in [7, 11) is 0. The Hall–Kier alpha value is -1.49. The van der Waals surface area contributed by atoms with E-state index in [0.717, 1.165) is 5.71 Å². The largest absolute Gasteiger partial charge is 0.411 e. The van der Waals surface area contributed by atoms with Crippen LogP contribution >= 0.6 is 0 Å². The minimum atomic E-state index is -2.97. The van der Waals surface area contributed by atoms with Crippen LogP contribution in [0.4, 0.5) is 8.78 Å². The number of alkyl halides is 2. The van der Waals surface area contributed by atoms with E-state index in [9.17, 15) is 8.78 Å². The van der Waals surface area contributed by atoms with E-state index in [2.05, 4.69) is 5.16 Å². The monoisotopic (exact) mass is 269 g/mol. The summed E-state index contributed by atoms with van der Waals surface area (Å²) < 4.78 is 33.0. The zero-order chi connectivity index (χ0) is 13.7. The van der Waals surface area contributed by atoms with E-state index in [1.807, 2.05) is 0 Å². The number of oxime groups is 1. The highest BCUT2D eigenvalue weighted by Crippen LogP contribution is 2.30. The molecule has 1 saturated carbocycles. The minimum absolute atomic E-state index is 0.0246. The molecule has 0 amide bonds. The molecule has 0 unspecified atom stereocenters. The Balaban J connectivity index is 1.85. The first-order chi connectivity index (χ1) is 9.12. The molecule has 0 atom stereocenters. The van der Waals surface area contributed by atoms with Crippen LogP contribution in [0.25, 0.3) is 0 Å². The highest BCUT2D eigenvalue weighted by molar-refractivity contribution is 5.84. The van der Waals surface area contributed by atoms with Crippen molar-refractivity contribution < 1.29 is 18.7 Å². The molecule has 0 aromatic heterocycles. The number of ether oxygens (including phenoxy) is 1. The Morgan fingerprint density at radius 1 is 1.21 bits per heavy atom. The first-order valence-corrected chi connectivity index (χ1v) is 6.36. The Kier molecular flexibility index (Phi) is 4.47. The molecule has 1 N–H and O–H groups in total. The summed E-state index contributed by atoms with van der Waals surface area (Å²) in [5.74, 6) is -2.97. The molecular formula is C14H17F2NO2. The van der Waals surface area contributed by atoms with Gasteiger partial charge in [0.2, 0.25) is 0 Å². The molecule has 5 heteroatoms. The molecule has 1 aromatic rings. The lowest BCUT2D eigenvalue weighted by Gasteiger charge is -2.25. The van der Waals surface area contributed by atoms with Gasteiger partial charge < -0.3 is 9.94 Å². The summed E-state index contributed by atoms with van der Waals surface area (Å²) in [6, 6.07) is 7.69. The van der Waals surface area contributed by atoms with E-state index >= 15 is 0 Å². The zero-order valence-corrected chi connectivity index (χ0v) is 10.6. The number of halogens is 2. The van der Waals surface area contributed by atoms with E-state index in [1.54, 1.807) is 18.2 Å². The average molecular weight is 269 g/mol. The van der Waals surface area contributed by atoms with E-state index in [0.29, 0.717) is 25.7 Å². The summed E-state index contributed by atoms with van der Waals surface area (Å²) in [5.41, 5.74) is 0.693. The molecule has 19 heavy (non-hydrogen) atoms. The van der Waals surface area contributed by atoms with Crippen LogP contribution in [0.5, 0.6) is 0 Å². The molecule has 1 aliphatic rings. The van der Waals surface area contributed by atoms with E-state index in [-0.39, 0.29) is 11.7 Å². The fourth-order valence-electron chi connectivity index (χ4n) is 2.18. The van der Waals surface area contributed by atoms with Gasteiger partial charge in [0.25, 0.3) is 5.92 Å². The summed E-state index contributed by atoms with van der Waals surface area (Å²) in [5, 5.41) is 11.8. The SMILES string of the molecule is ON=C1CCC(OCC(F)(F)c2ccccc2)CC1. The van der Waals surface area contributed by atoms with Crippen LogP contribution in [0.2, 0.25) is 0 Å². The number of benzene rings is 1.